The first kappa shape index (κ1) is 31.6. The quantitative estimate of drug-likeness (QED) is 0.310. The van der Waals surface area contributed by atoms with Crippen LogP contribution in [0.15, 0.2) is 65.5 Å². The number of ether oxygens (including phenoxy) is 3. The van der Waals surface area contributed by atoms with Crippen molar-refractivity contribution in [3.63, 3.8) is 0 Å². The Bertz CT molecular complexity index is 1850. The van der Waals surface area contributed by atoms with Gasteiger partial charge >= 0.3 is 5.69 Å². The van der Waals surface area contributed by atoms with Crippen molar-refractivity contribution >= 4 is 28.8 Å². The van der Waals surface area contributed by atoms with Crippen LogP contribution in [-0.4, -0.2) is 71.1 Å². The highest BCUT2D eigenvalue weighted by Crippen LogP contribution is 2.29. The van der Waals surface area contributed by atoms with Crippen LogP contribution >= 0.6 is 0 Å². The fourth-order valence-corrected chi connectivity index (χ4v) is 6.02. The summed E-state index contributed by atoms with van der Waals surface area (Å²) >= 11 is 0. The number of methoxy groups -OCH3 is 1. The zero-order valence-corrected chi connectivity index (χ0v) is 25.9. The zero-order valence-electron chi connectivity index (χ0n) is 25.9. The molecule has 0 spiro atoms. The first-order valence-electron chi connectivity index (χ1n) is 15.5. The van der Waals surface area contributed by atoms with E-state index in [-0.39, 0.29) is 62.3 Å². The SMILES string of the molecule is COc1ccc2cc1OCC(=O)N[C@@H]1CN(C(=O)CCn3c(=O)[nH]c4ccccc43)CC[C@H]1Oc1cc(F)cc(c1)CNC(=O)CC2. The predicted octanol–water partition coefficient (Wildman–Crippen LogP) is 2.67. The molecule has 1 fully saturated rings. The number of nitrogens with zero attached hydrogens (tertiary/aromatic N) is 2. The Balaban J connectivity index is 1.21. The van der Waals surface area contributed by atoms with Crippen LogP contribution < -0.4 is 30.5 Å². The van der Waals surface area contributed by atoms with Gasteiger partial charge in [0.25, 0.3) is 5.91 Å². The van der Waals surface area contributed by atoms with E-state index in [0.29, 0.717) is 47.5 Å². The number of nitrogens with one attached hydrogen (secondary N) is 3. The number of carbonyl (C=O) groups excluding carboxylic acids is 3. The van der Waals surface area contributed by atoms with E-state index in [1.54, 1.807) is 29.2 Å². The summed E-state index contributed by atoms with van der Waals surface area (Å²) in [7, 11) is 1.50. The molecular formula is C34H36FN5O7. The molecule has 47 heavy (non-hydrogen) atoms. The molecule has 2 atom stereocenters. The Morgan fingerprint density at radius 1 is 1.02 bits per heavy atom. The van der Waals surface area contributed by atoms with Crippen LogP contribution in [0.3, 0.4) is 0 Å². The summed E-state index contributed by atoms with van der Waals surface area (Å²) < 4.78 is 33.6. The van der Waals surface area contributed by atoms with E-state index < -0.39 is 23.9 Å². The Kier molecular flexibility index (Phi) is 9.41. The number of fused-ring (bicyclic) bond motifs is 6. The summed E-state index contributed by atoms with van der Waals surface area (Å²) in [4.78, 5) is 56.2. The molecule has 2 aliphatic heterocycles. The molecule has 3 heterocycles. The van der Waals surface area contributed by atoms with Crippen molar-refractivity contribution in [2.75, 3.05) is 26.8 Å². The van der Waals surface area contributed by atoms with Gasteiger partial charge in [-0.25, -0.2) is 9.18 Å². The molecule has 0 radical (unpaired) electrons. The van der Waals surface area contributed by atoms with E-state index in [1.807, 2.05) is 24.3 Å². The first-order chi connectivity index (χ1) is 22.7. The van der Waals surface area contributed by atoms with Crippen molar-refractivity contribution in [3.8, 4) is 17.2 Å². The molecule has 0 unspecified atom stereocenters. The van der Waals surface area contributed by atoms with Gasteiger partial charge in [0.05, 0.1) is 24.2 Å². The van der Waals surface area contributed by atoms with Gasteiger partial charge in [-0.15, -0.1) is 0 Å². The number of hydrogen-bond acceptors (Lipinski definition) is 7. The summed E-state index contributed by atoms with van der Waals surface area (Å²) in [5, 5.41) is 5.78. The van der Waals surface area contributed by atoms with Gasteiger partial charge in [-0.2, -0.15) is 0 Å². The maximum absolute atomic E-state index is 14.6. The van der Waals surface area contributed by atoms with Crippen LogP contribution in [0.4, 0.5) is 4.39 Å². The highest BCUT2D eigenvalue weighted by Gasteiger charge is 2.34. The molecule has 0 saturated carbocycles. The lowest BCUT2D eigenvalue weighted by molar-refractivity contribution is -0.135. The normalized spacial score (nSPS) is 18.9. The molecule has 1 saturated heterocycles. The fraction of sp³-hybridized carbons (Fsp3) is 0.353. The number of aromatic nitrogens is 2. The molecule has 6 rings (SSSR count). The average Bonchev–Trinajstić information content (AvgIpc) is 3.39. The topological polar surface area (TPSA) is 144 Å². The van der Waals surface area contributed by atoms with Crippen molar-refractivity contribution < 1.29 is 33.0 Å². The van der Waals surface area contributed by atoms with Gasteiger partial charge < -0.3 is 34.7 Å². The van der Waals surface area contributed by atoms with Gasteiger partial charge in [-0.05, 0) is 53.9 Å². The Hall–Kier alpha value is -5.33. The number of carbonyl (C=O) groups is 3. The summed E-state index contributed by atoms with van der Waals surface area (Å²) in [5.41, 5.74) is 2.45. The third-order valence-electron chi connectivity index (χ3n) is 8.42. The van der Waals surface area contributed by atoms with Crippen molar-refractivity contribution in [3.05, 3.63) is 88.1 Å². The van der Waals surface area contributed by atoms with Gasteiger partial charge in [0.1, 0.15) is 17.7 Å². The summed E-state index contributed by atoms with van der Waals surface area (Å²) in [6.45, 7) is 0.417. The third-order valence-corrected chi connectivity index (χ3v) is 8.42. The van der Waals surface area contributed by atoms with Crippen molar-refractivity contribution in [2.45, 2.75) is 50.9 Å². The molecule has 4 aromatic rings. The molecular weight excluding hydrogens is 609 g/mol. The van der Waals surface area contributed by atoms with Crippen LogP contribution in [-0.2, 0) is 33.9 Å². The molecule has 246 valence electrons. The number of imidazole rings is 1. The number of aryl methyl sites for hydroxylation is 2. The van der Waals surface area contributed by atoms with E-state index in [1.165, 1.54) is 23.8 Å². The van der Waals surface area contributed by atoms with Crippen LogP contribution in [0, 0.1) is 5.82 Å². The van der Waals surface area contributed by atoms with Crippen LogP contribution in [0.1, 0.15) is 30.4 Å². The largest absolute Gasteiger partial charge is 0.493 e. The minimum absolute atomic E-state index is 0.0756. The molecule has 0 aliphatic carbocycles. The highest BCUT2D eigenvalue weighted by atomic mass is 19.1. The minimum atomic E-state index is -0.654. The van der Waals surface area contributed by atoms with Crippen LogP contribution in [0.25, 0.3) is 11.0 Å². The number of para-hydroxylation sites is 2. The lowest BCUT2D eigenvalue weighted by Gasteiger charge is -2.39. The number of H-pyrrole nitrogens is 1. The molecule has 12 nitrogen and oxygen atoms in total. The van der Waals surface area contributed by atoms with E-state index >= 15 is 0 Å². The van der Waals surface area contributed by atoms with Gasteiger partial charge in [0, 0.05) is 51.5 Å². The highest BCUT2D eigenvalue weighted by molar-refractivity contribution is 5.80. The summed E-state index contributed by atoms with van der Waals surface area (Å²) in [5.74, 6) is -0.330. The maximum Gasteiger partial charge on any atom is 0.326 e. The van der Waals surface area contributed by atoms with Crippen molar-refractivity contribution in [1.29, 1.82) is 0 Å². The standard InChI is InChI=1S/C34H36FN5O7/c1-45-29-8-6-21-7-9-31(41)36-18-22-14-23(35)17-24(15-22)47-28-10-12-39(19-26(28)37-32(42)20-46-30(29)16-21)33(43)11-13-40-27-5-3-2-4-25(27)38-34(40)44/h2-6,8,14-17,26,28H,7,9-13,18-20H2,1H3,(H,36,41)(H,37,42)(H,38,44)/t26-,28-/m1/s1. The van der Waals surface area contributed by atoms with Gasteiger partial charge in [0.2, 0.25) is 11.8 Å². The second-order valence-electron chi connectivity index (χ2n) is 11.7. The number of likely N-dealkylation sites (tertiary alicyclic amines) is 1. The number of amides is 3. The lowest BCUT2D eigenvalue weighted by atomic mass is 10.0. The van der Waals surface area contributed by atoms with E-state index in [2.05, 4.69) is 15.6 Å². The molecule has 13 heteroatoms. The molecule has 3 N–H and O–H groups in total. The number of halogens is 1. The third kappa shape index (κ3) is 7.56. The van der Waals surface area contributed by atoms with E-state index in [0.717, 1.165) is 5.56 Å². The number of aromatic amines is 1. The van der Waals surface area contributed by atoms with Gasteiger partial charge in [-0.3, -0.25) is 19.0 Å². The monoisotopic (exact) mass is 645 g/mol. The predicted molar refractivity (Wildman–Crippen MR) is 170 cm³/mol. The van der Waals surface area contributed by atoms with Crippen LogP contribution in [0.5, 0.6) is 17.2 Å². The maximum atomic E-state index is 14.6. The number of benzene rings is 3. The number of piperidine rings is 1. The number of rotatable bonds is 4. The van der Waals surface area contributed by atoms with Gasteiger partial charge in [-0.1, -0.05) is 18.2 Å². The fourth-order valence-electron chi connectivity index (χ4n) is 6.02. The van der Waals surface area contributed by atoms with Crippen molar-refractivity contribution in [1.82, 2.24) is 25.1 Å². The Morgan fingerprint density at radius 2 is 1.87 bits per heavy atom. The smallest absolute Gasteiger partial charge is 0.326 e. The zero-order chi connectivity index (χ0) is 32.9. The Morgan fingerprint density at radius 3 is 2.72 bits per heavy atom. The molecule has 3 aromatic carbocycles. The van der Waals surface area contributed by atoms with Gasteiger partial charge in [0.15, 0.2) is 18.1 Å². The molecule has 3 amide bonds. The molecule has 1 aromatic heterocycles. The van der Waals surface area contributed by atoms with E-state index in [9.17, 15) is 23.6 Å². The van der Waals surface area contributed by atoms with E-state index in [4.69, 9.17) is 14.2 Å². The summed E-state index contributed by atoms with van der Waals surface area (Å²) in [6.07, 6.45) is 0.441. The Labute approximate surface area is 269 Å². The second-order valence-corrected chi connectivity index (χ2v) is 11.7. The minimum Gasteiger partial charge on any atom is -0.493 e. The average molecular weight is 646 g/mol. The summed E-state index contributed by atoms with van der Waals surface area (Å²) in [6, 6.07) is 16.1. The number of hydrogen-bond donors (Lipinski definition) is 3. The first-order valence-corrected chi connectivity index (χ1v) is 15.5. The molecule has 2 aliphatic rings. The molecule has 4 bridgehead atoms. The lowest BCUT2D eigenvalue weighted by Crippen LogP contribution is -2.58. The van der Waals surface area contributed by atoms with Crippen LogP contribution in [0.2, 0.25) is 0 Å². The van der Waals surface area contributed by atoms with Crippen molar-refractivity contribution in [2.24, 2.45) is 0 Å². The second kappa shape index (κ2) is 14.0.